The van der Waals surface area contributed by atoms with Gasteiger partial charge in [-0.05, 0) is 47.4 Å². The van der Waals surface area contributed by atoms with E-state index < -0.39 is 0 Å². The zero-order valence-corrected chi connectivity index (χ0v) is 15.8. The summed E-state index contributed by atoms with van der Waals surface area (Å²) in [6.45, 7) is 0. The number of hydrogen-bond acceptors (Lipinski definition) is 4. The monoisotopic (exact) mass is 370 g/mol. The molecule has 1 aromatic heterocycles. The highest BCUT2D eigenvalue weighted by atomic mass is 32.1. The van der Waals surface area contributed by atoms with Crippen LogP contribution in [-0.2, 0) is 12.8 Å². The Balaban J connectivity index is 1.51. The molecule has 0 fully saturated rings. The molecule has 3 aromatic carbocycles. The van der Waals surface area contributed by atoms with E-state index in [-0.39, 0.29) is 0 Å². The first kappa shape index (κ1) is 16.2. The quantitative estimate of drug-likeness (QED) is 0.426. The van der Waals surface area contributed by atoms with Crippen LogP contribution in [0.4, 0.5) is 5.13 Å². The highest BCUT2D eigenvalue weighted by Gasteiger charge is 2.21. The van der Waals surface area contributed by atoms with Gasteiger partial charge in [0.05, 0.1) is 12.8 Å². The molecule has 1 heterocycles. The van der Waals surface area contributed by atoms with E-state index >= 15 is 0 Å². The number of aromatic nitrogens is 1. The van der Waals surface area contributed by atoms with E-state index in [1.165, 1.54) is 26.8 Å². The van der Waals surface area contributed by atoms with Crippen molar-refractivity contribution in [3.63, 3.8) is 0 Å². The van der Waals surface area contributed by atoms with Crippen molar-refractivity contribution in [2.24, 2.45) is 4.99 Å². The van der Waals surface area contributed by atoms with Gasteiger partial charge in [-0.1, -0.05) is 53.8 Å². The number of rotatable bonds is 3. The summed E-state index contributed by atoms with van der Waals surface area (Å²) >= 11 is 1.69. The Morgan fingerprint density at radius 2 is 1.93 bits per heavy atom. The first-order chi connectivity index (χ1) is 13.3. The zero-order chi connectivity index (χ0) is 18.2. The Hall–Kier alpha value is -2.98. The van der Waals surface area contributed by atoms with Gasteiger partial charge in [-0.15, -0.1) is 0 Å². The maximum absolute atomic E-state index is 5.35. The van der Waals surface area contributed by atoms with Crippen molar-refractivity contribution in [1.82, 2.24) is 4.98 Å². The summed E-state index contributed by atoms with van der Waals surface area (Å²) in [5, 5.41) is 3.25. The van der Waals surface area contributed by atoms with E-state index in [1.807, 2.05) is 12.3 Å². The van der Waals surface area contributed by atoms with Gasteiger partial charge in [0.15, 0.2) is 0 Å². The van der Waals surface area contributed by atoms with Gasteiger partial charge in [0.1, 0.15) is 5.75 Å². The predicted octanol–water partition coefficient (Wildman–Crippen LogP) is 5.82. The predicted molar refractivity (Wildman–Crippen MR) is 113 cm³/mol. The molecule has 0 saturated carbocycles. The van der Waals surface area contributed by atoms with Crippen LogP contribution in [0, 0.1) is 0 Å². The Morgan fingerprint density at radius 1 is 1.04 bits per heavy atom. The average Bonchev–Trinajstić information content (AvgIpc) is 3.15. The van der Waals surface area contributed by atoms with Crippen LogP contribution >= 0.6 is 11.3 Å². The molecule has 0 atom stereocenters. The fourth-order valence-corrected chi connectivity index (χ4v) is 4.56. The van der Waals surface area contributed by atoms with E-state index in [2.05, 4.69) is 54.6 Å². The molecule has 0 unspecified atom stereocenters. The van der Waals surface area contributed by atoms with E-state index in [1.54, 1.807) is 18.4 Å². The second kappa shape index (κ2) is 6.63. The van der Waals surface area contributed by atoms with Crippen molar-refractivity contribution in [2.75, 3.05) is 7.11 Å². The molecular formula is C23H18N2OS. The highest BCUT2D eigenvalue weighted by Crippen LogP contribution is 2.40. The lowest BCUT2D eigenvalue weighted by Gasteiger charge is -2.15. The van der Waals surface area contributed by atoms with Crippen molar-refractivity contribution in [2.45, 2.75) is 12.8 Å². The van der Waals surface area contributed by atoms with Crippen LogP contribution in [0.25, 0.3) is 22.0 Å². The number of nitrogens with zero attached hydrogens (tertiary/aromatic N) is 2. The van der Waals surface area contributed by atoms with Crippen molar-refractivity contribution >= 4 is 33.5 Å². The largest absolute Gasteiger partial charge is 0.497 e. The number of benzene rings is 3. The number of ether oxygens (including phenoxy) is 1. The number of hydrogen-bond donors (Lipinski definition) is 0. The second-order valence-corrected chi connectivity index (χ2v) is 7.68. The molecule has 4 aromatic rings. The van der Waals surface area contributed by atoms with Gasteiger partial charge in [0, 0.05) is 22.2 Å². The molecule has 0 radical (unpaired) electrons. The molecule has 1 aliphatic rings. The average molecular weight is 370 g/mol. The Labute approximate surface area is 162 Å². The third-order valence-electron chi connectivity index (χ3n) is 5.01. The summed E-state index contributed by atoms with van der Waals surface area (Å²) < 4.78 is 5.35. The Bertz CT molecular complexity index is 1170. The molecule has 0 spiro atoms. The Morgan fingerprint density at radius 3 is 2.85 bits per heavy atom. The smallest absolute Gasteiger partial charge is 0.209 e. The Kier molecular flexibility index (Phi) is 3.98. The van der Waals surface area contributed by atoms with E-state index in [9.17, 15) is 0 Å². The molecule has 4 heteroatoms. The number of fused-ring (bicyclic) bond motifs is 4. The molecule has 0 amide bonds. The van der Waals surface area contributed by atoms with Gasteiger partial charge in [0.2, 0.25) is 5.13 Å². The normalized spacial score (nSPS) is 12.9. The van der Waals surface area contributed by atoms with Gasteiger partial charge in [-0.25, -0.2) is 9.98 Å². The number of aliphatic imine (C=N–C) groups is 1. The van der Waals surface area contributed by atoms with Crippen molar-refractivity contribution < 1.29 is 4.74 Å². The maximum Gasteiger partial charge on any atom is 0.209 e. The molecule has 3 nitrogen and oxygen atoms in total. The van der Waals surface area contributed by atoms with Gasteiger partial charge < -0.3 is 4.74 Å². The lowest BCUT2D eigenvalue weighted by Crippen LogP contribution is -2.02. The van der Waals surface area contributed by atoms with E-state index in [0.717, 1.165) is 35.0 Å². The zero-order valence-electron chi connectivity index (χ0n) is 15.0. The summed E-state index contributed by atoms with van der Waals surface area (Å²) in [7, 11) is 1.71. The molecule has 0 saturated heterocycles. The van der Waals surface area contributed by atoms with E-state index in [0.29, 0.717) is 0 Å². The number of thiazole rings is 1. The first-order valence-electron chi connectivity index (χ1n) is 9.00. The molecular weight excluding hydrogens is 352 g/mol. The maximum atomic E-state index is 5.35. The van der Waals surface area contributed by atoms with Crippen LogP contribution in [0.1, 0.15) is 16.0 Å². The van der Waals surface area contributed by atoms with Gasteiger partial charge in [-0.3, -0.25) is 0 Å². The van der Waals surface area contributed by atoms with Crippen molar-refractivity contribution in [3.05, 3.63) is 76.7 Å². The fourth-order valence-electron chi connectivity index (χ4n) is 3.65. The van der Waals surface area contributed by atoms with Crippen LogP contribution in [0.15, 0.2) is 65.7 Å². The minimum absolute atomic E-state index is 0.816. The van der Waals surface area contributed by atoms with Gasteiger partial charge >= 0.3 is 0 Å². The van der Waals surface area contributed by atoms with Crippen LogP contribution in [0.5, 0.6) is 5.75 Å². The van der Waals surface area contributed by atoms with E-state index in [4.69, 9.17) is 14.7 Å². The SMILES string of the molecule is COc1ccc2c(c1)CCc1sc(N=Cc3cccc4ccccc34)nc1-2. The summed E-state index contributed by atoms with van der Waals surface area (Å²) in [6.07, 6.45) is 3.96. The summed E-state index contributed by atoms with van der Waals surface area (Å²) in [5.41, 5.74) is 4.71. The van der Waals surface area contributed by atoms with Crippen molar-refractivity contribution in [1.29, 1.82) is 0 Å². The number of aryl methyl sites for hydroxylation is 2. The van der Waals surface area contributed by atoms with Crippen LogP contribution in [0.2, 0.25) is 0 Å². The summed E-state index contributed by atoms with van der Waals surface area (Å²) in [4.78, 5) is 10.8. The van der Waals surface area contributed by atoms with Crippen LogP contribution < -0.4 is 4.74 Å². The molecule has 5 rings (SSSR count). The summed E-state index contributed by atoms with van der Waals surface area (Å²) in [5.74, 6) is 0.904. The lowest BCUT2D eigenvalue weighted by molar-refractivity contribution is 0.414. The summed E-state index contributed by atoms with van der Waals surface area (Å²) in [6, 6.07) is 20.9. The van der Waals surface area contributed by atoms with Gasteiger partial charge in [-0.2, -0.15) is 0 Å². The number of methoxy groups -OCH3 is 1. The van der Waals surface area contributed by atoms with Gasteiger partial charge in [0.25, 0.3) is 0 Å². The molecule has 27 heavy (non-hydrogen) atoms. The third kappa shape index (κ3) is 2.92. The highest BCUT2D eigenvalue weighted by molar-refractivity contribution is 7.15. The van der Waals surface area contributed by atoms with Crippen molar-refractivity contribution in [3.8, 4) is 17.0 Å². The second-order valence-electron chi connectivity index (χ2n) is 6.62. The topological polar surface area (TPSA) is 34.5 Å². The fraction of sp³-hybridized carbons (Fsp3) is 0.130. The minimum Gasteiger partial charge on any atom is -0.497 e. The standard InChI is InChI=1S/C23H18N2OS/c1-26-18-10-11-20-16(13-18)9-12-21-22(20)25-23(27-21)24-14-17-7-4-6-15-5-2-3-8-19(15)17/h2-8,10-11,13-14H,9,12H2,1H3. The van der Waals surface area contributed by atoms with Crippen LogP contribution in [-0.4, -0.2) is 18.3 Å². The molecule has 1 aliphatic carbocycles. The molecule has 0 N–H and O–H groups in total. The lowest BCUT2D eigenvalue weighted by atomic mass is 9.93. The molecule has 0 bridgehead atoms. The first-order valence-corrected chi connectivity index (χ1v) is 9.82. The molecule has 0 aliphatic heterocycles. The molecule has 132 valence electrons. The van der Waals surface area contributed by atoms with Crippen LogP contribution in [0.3, 0.4) is 0 Å². The third-order valence-corrected chi connectivity index (χ3v) is 6.04. The minimum atomic E-state index is 0.816.